The number of fused-ring (bicyclic) bond motifs is 3. The molecule has 0 aliphatic carbocycles. The van der Waals surface area contributed by atoms with Gasteiger partial charge in [0.15, 0.2) is 0 Å². The van der Waals surface area contributed by atoms with Crippen molar-refractivity contribution in [2.75, 3.05) is 5.75 Å². The average molecular weight is 198 g/mol. The van der Waals surface area contributed by atoms with Gasteiger partial charge in [-0.3, -0.25) is 0 Å². The molecule has 0 bridgehead atoms. The molecule has 0 aromatic heterocycles. The summed E-state index contributed by atoms with van der Waals surface area (Å²) < 4.78 is 0. The lowest BCUT2D eigenvalue weighted by Gasteiger charge is -2.12. The molecule has 68 valence electrons. The minimum Gasteiger partial charge on any atom is -0.121 e. The third-order valence-corrected chi connectivity index (χ3v) is 3.58. The van der Waals surface area contributed by atoms with Crippen LogP contribution < -0.4 is 0 Å². The second-order valence-electron chi connectivity index (χ2n) is 3.41. The van der Waals surface area contributed by atoms with Crippen LogP contribution >= 0.6 is 11.8 Å². The fraction of sp³-hybridized carbons (Fsp3) is 0.0769. The minimum atomic E-state index is 1.10. The zero-order valence-corrected chi connectivity index (χ0v) is 8.55. The fourth-order valence-corrected chi connectivity index (χ4v) is 2.75. The molecule has 3 rings (SSSR count). The summed E-state index contributed by atoms with van der Waals surface area (Å²) in [6.07, 6.45) is 4.48. The third kappa shape index (κ3) is 1.17. The van der Waals surface area contributed by atoms with Gasteiger partial charge in [0.25, 0.3) is 0 Å². The van der Waals surface area contributed by atoms with E-state index >= 15 is 0 Å². The SMILES string of the molecule is C1=Cc2c(ccc3ccccc23)SC1. The van der Waals surface area contributed by atoms with Crippen molar-refractivity contribution in [2.24, 2.45) is 0 Å². The van der Waals surface area contributed by atoms with Crippen LogP contribution in [-0.4, -0.2) is 5.75 Å². The van der Waals surface area contributed by atoms with E-state index in [-0.39, 0.29) is 0 Å². The first-order valence-corrected chi connectivity index (χ1v) is 5.75. The number of hydrogen-bond acceptors (Lipinski definition) is 1. The van der Waals surface area contributed by atoms with Crippen molar-refractivity contribution in [3.63, 3.8) is 0 Å². The molecule has 1 aliphatic heterocycles. The van der Waals surface area contributed by atoms with Crippen molar-refractivity contribution in [1.29, 1.82) is 0 Å². The fourth-order valence-electron chi connectivity index (χ4n) is 1.88. The maximum Gasteiger partial charge on any atom is 0.0164 e. The van der Waals surface area contributed by atoms with Gasteiger partial charge in [0.1, 0.15) is 0 Å². The molecular weight excluding hydrogens is 188 g/mol. The van der Waals surface area contributed by atoms with Crippen LogP contribution in [-0.2, 0) is 0 Å². The molecule has 0 radical (unpaired) electrons. The molecule has 0 spiro atoms. The van der Waals surface area contributed by atoms with E-state index in [0.29, 0.717) is 0 Å². The Labute approximate surface area is 87.6 Å². The Hall–Kier alpha value is -1.21. The maximum absolute atomic E-state index is 2.24. The monoisotopic (exact) mass is 198 g/mol. The van der Waals surface area contributed by atoms with E-state index in [9.17, 15) is 0 Å². The Balaban J connectivity index is 2.42. The van der Waals surface area contributed by atoms with Crippen LogP contribution in [0.1, 0.15) is 5.56 Å². The molecule has 1 heteroatoms. The van der Waals surface area contributed by atoms with Crippen LogP contribution in [0.4, 0.5) is 0 Å². The predicted octanol–water partition coefficient (Wildman–Crippen LogP) is 3.96. The second-order valence-corrected chi connectivity index (χ2v) is 4.47. The first-order valence-electron chi connectivity index (χ1n) is 4.76. The molecule has 0 N–H and O–H groups in total. The van der Waals surface area contributed by atoms with E-state index in [0.717, 1.165) is 5.75 Å². The summed E-state index contributed by atoms with van der Waals surface area (Å²) in [5.74, 6) is 1.10. The van der Waals surface area contributed by atoms with Crippen LogP contribution in [0.25, 0.3) is 16.8 Å². The van der Waals surface area contributed by atoms with E-state index in [1.54, 1.807) is 0 Å². The van der Waals surface area contributed by atoms with Crippen molar-refractivity contribution < 1.29 is 0 Å². The maximum atomic E-state index is 2.24. The third-order valence-electron chi connectivity index (χ3n) is 2.55. The van der Waals surface area contributed by atoms with E-state index in [2.05, 4.69) is 48.6 Å². The Morgan fingerprint density at radius 1 is 1.00 bits per heavy atom. The van der Waals surface area contributed by atoms with Gasteiger partial charge < -0.3 is 0 Å². The summed E-state index contributed by atoms with van der Waals surface area (Å²) in [6, 6.07) is 13.0. The molecule has 1 heterocycles. The van der Waals surface area contributed by atoms with Crippen LogP contribution in [0.3, 0.4) is 0 Å². The Bertz CT molecular complexity index is 512. The van der Waals surface area contributed by atoms with Crippen LogP contribution in [0.5, 0.6) is 0 Å². The van der Waals surface area contributed by atoms with E-state index in [1.165, 1.54) is 21.2 Å². The number of thioether (sulfide) groups is 1. The summed E-state index contributed by atoms with van der Waals surface area (Å²) in [4.78, 5) is 1.41. The summed E-state index contributed by atoms with van der Waals surface area (Å²) in [5.41, 5.74) is 1.39. The van der Waals surface area contributed by atoms with Gasteiger partial charge in [-0.1, -0.05) is 42.5 Å². The molecule has 0 fully saturated rings. The van der Waals surface area contributed by atoms with Gasteiger partial charge in [0.2, 0.25) is 0 Å². The lowest BCUT2D eigenvalue weighted by molar-refractivity contribution is 1.44. The first kappa shape index (κ1) is 8.13. The highest BCUT2D eigenvalue weighted by atomic mass is 32.2. The number of benzene rings is 2. The van der Waals surface area contributed by atoms with Gasteiger partial charge in [-0.25, -0.2) is 0 Å². The van der Waals surface area contributed by atoms with Crippen molar-refractivity contribution in [3.8, 4) is 0 Å². The molecule has 0 atom stereocenters. The van der Waals surface area contributed by atoms with Gasteiger partial charge in [0.05, 0.1) is 0 Å². The Kier molecular flexibility index (Phi) is 1.84. The largest absolute Gasteiger partial charge is 0.121 e. The average Bonchev–Trinajstić information content (AvgIpc) is 2.29. The van der Waals surface area contributed by atoms with E-state index in [4.69, 9.17) is 0 Å². The number of hydrogen-bond donors (Lipinski definition) is 0. The highest BCUT2D eigenvalue weighted by Crippen LogP contribution is 2.33. The summed E-state index contributed by atoms with van der Waals surface area (Å²) in [7, 11) is 0. The predicted molar refractivity (Wildman–Crippen MR) is 63.7 cm³/mol. The zero-order chi connectivity index (χ0) is 9.38. The Morgan fingerprint density at radius 3 is 2.93 bits per heavy atom. The summed E-state index contributed by atoms with van der Waals surface area (Å²) in [6.45, 7) is 0. The molecular formula is C13H10S. The van der Waals surface area contributed by atoms with Gasteiger partial charge in [-0.05, 0) is 22.4 Å². The van der Waals surface area contributed by atoms with E-state index in [1.807, 2.05) is 11.8 Å². The minimum absolute atomic E-state index is 1.10. The quantitative estimate of drug-likeness (QED) is 0.617. The molecule has 14 heavy (non-hydrogen) atoms. The lowest BCUT2D eigenvalue weighted by Crippen LogP contribution is -1.88. The van der Waals surface area contributed by atoms with Gasteiger partial charge in [-0.15, -0.1) is 11.8 Å². The number of rotatable bonds is 0. The highest BCUT2D eigenvalue weighted by Gasteiger charge is 2.07. The Morgan fingerprint density at radius 2 is 1.93 bits per heavy atom. The molecule has 0 nitrogen and oxygen atoms in total. The van der Waals surface area contributed by atoms with Crippen LogP contribution in [0.2, 0.25) is 0 Å². The molecule has 0 saturated carbocycles. The van der Waals surface area contributed by atoms with Gasteiger partial charge in [0, 0.05) is 10.6 Å². The molecule has 0 amide bonds. The van der Waals surface area contributed by atoms with Crippen LogP contribution in [0, 0.1) is 0 Å². The molecule has 2 aromatic rings. The zero-order valence-electron chi connectivity index (χ0n) is 7.73. The second kappa shape index (κ2) is 3.18. The van der Waals surface area contributed by atoms with E-state index < -0.39 is 0 Å². The van der Waals surface area contributed by atoms with Gasteiger partial charge in [-0.2, -0.15) is 0 Å². The first-order chi connectivity index (χ1) is 6.95. The smallest absolute Gasteiger partial charge is 0.0164 e. The van der Waals surface area contributed by atoms with Crippen molar-refractivity contribution in [1.82, 2.24) is 0 Å². The van der Waals surface area contributed by atoms with Crippen molar-refractivity contribution >= 4 is 28.6 Å². The van der Waals surface area contributed by atoms with Crippen LogP contribution in [0.15, 0.2) is 47.4 Å². The van der Waals surface area contributed by atoms with Gasteiger partial charge >= 0.3 is 0 Å². The highest BCUT2D eigenvalue weighted by molar-refractivity contribution is 7.99. The topological polar surface area (TPSA) is 0 Å². The molecule has 0 unspecified atom stereocenters. The summed E-state index contributed by atoms with van der Waals surface area (Å²) >= 11 is 1.92. The van der Waals surface area contributed by atoms with Crippen molar-refractivity contribution in [3.05, 3.63) is 48.0 Å². The molecule has 2 aromatic carbocycles. The molecule has 0 saturated heterocycles. The lowest BCUT2D eigenvalue weighted by atomic mass is 10.0. The van der Waals surface area contributed by atoms with Crippen molar-refractivity contribution in [2.45, 2.75) is 4.90 Å². The standard InChI is InChI=1S/C13H10S/c1-2-5-11-10(4-1)7-8-13-12(11)6-3-9-14-13/h1-8H,9H2. The summed E-state index contributed by atoms with van der Waals surface area (Å²) in [5, 5.41) is 2.70. The normalized spacial score (nSPS) is 14.3. The molecule has 1 aliphatic rings.